The first-order valence-corrected chi connectivity index (χ1v) is 7.79. The first-order chi connectivity index (χ1) is 12.5. The number of nitrogens with zero attached hydrogens (tertiary/aromatic N) is 2. The van der Waals surface area contributed by atoms with Crippen LogP contribution >= 0.6 is 12.4 Å². The summed E-state index contributed by atoms with van der Waals surface area (Å²) >= 11 is 0. The van der Waals surface area contributed by atoms with E-state index in [0.29, 0.717) is 14.7 Å². The fourth-order valence-electron chi connectivity index (χ4n) is 2.73. The fourth-order valence-corrected chi connectivity index (χ4v) is 2.73. The van der Waals surface area contributed by atoms with Crippen LogP contribution in [0.25, 0.3) is 11.1 Å². The predicted octanol–water partition coefficient (Wildman–Crippen LogP) is 1.23. The molecule has 2 rings (SSSR count). The molecule has 0 aliphatic heterocycles. The van der Waals surface area contributed by atoms with E-state index in [9.17, 15) is 27.6 Å². The summed E-state index contributed by atoms with van der Waals surface area (Å²) in [7, 11) is 3.26. The van der Waals surface area contributed by atoms with E-state index >= 15 is 0 Å². The molecular formula is C17H19ClF3N3O4. The van der Waals surface area contributed by atoms with Gasteiger partial charge in [-0.1, -0.05) is 24.3 Å². The van der Waals surface area contributed by atoms with Crippen molar-refractivity contribution >= 4 is 18.4 Å². The molecule has 0 saturated heterocycles. The Kier molecular flexibility index (Phi) is 7.21. The Morgan fingerprint density at radius 3 is 2.14 bits per heavy atom. The highest BCUT2D eigenvalue weighted by atomic mass is 35.5. The minimum absolute atomic E-state index is 0. The van der Waals surface area contributed by atoms with Gasteiger partial charge in [0.15, 0.2) is 0 Å². The van der Waals surface area contributed by atoms with Crippen LogP contribution in [0.1, 0.15) is 11.3 Å². The van der Waals surface area contributed by atoms with Crippen molar-refractivity contribution in [1.29, 1.82) is 0 Å². The third-order valence-electron chi connectivity index (χ3n) is 4.14. The molecule has 154 valence electrons. The molecule has 0 aliphatic rings. The standard InChI is InChI=1S/C17H18F3N3O4.ClH/c1-22-13(17(18,19)20)12(14(24)23(2)16(22)26)10-6-4-9(5-7-10)8-11(21)15(25)27-3;/h4-7,11H,8,21H2,1-3H3;1H/t11-;/m0./s1. The number of esters is 1. The summed E-state index contributed by atoms with van der Waals surface area (Å²) in [5.74, 6) is -0.620. The lowest BCUT2D eigenvalue weighted by Crippen LogP contribution is -2.41. The first-order valence-electron chi connectivity index (χ1n) is 7.79. The normalized spacial score (nSPS) is 12.2. The van der Waals surface area contributed by atoms with E-state index in [0.717, 1.165) is 14.1 Å². The summed E-state index contributed by atoms with van der Waals surface area (Å²) in [4.78, 5) is 35.6. The van der Waals surface area contributed by atoms with Crippen molar-refractivity contribution in [1.82, 2.24) is 9.13 Å². The van der Waals surface area contributed by atoms with Crippen molar-refractivity contribution in [3.8, 4) is 11.1 Å². The van der Waals surface area contributed by atoms with Gasteiger partial charge in [0.05, 0.1) is 12.7 Å². The largest absolute Gasteiger partial charge is 0.468 e. The Hall–Kier alpha value is -2.59. The van der Waals surface area contributed by atoms with Crippen LogP contribution in [0.2, 0.25) is 0 Å². The van der Waals surface area contributed by atoms with E-state index < -0.39 is 40.7 Å². The molecule has 1 heterocycles. The van der Waals surface area contributed by atoms with E-state index in [4.69, 9.17) is 5.73 Å². The zero-order chi connectivity index (χ0) is 20.5. The quantitative estimate of drug-likeness (QED) is 0.749. The zero-order valence-electron chi connectivity index (χ0n) is 15.2. The van der Waals surface area contributed by atoms with Crippen molar-refractivity contribution < 1.29 is 22.7 Å². The first kappa shape index (κ1) is 23.4. The van der Waals surface area contributed by atoms with E-state index in [1.165, 1.54) is 31.4 Å². The number of ether oxygens (including phenoxy) is 1. The molecule has 0 bridgehead atoms. The number of carbonyl (C=O) groups is 1. The molecule has 2 aromatic rings. The van der Waals surface area contributed by atoms with Gasteiger partial charge in [-0.25, -0.2) is 4.79 Å². The van der Waals surface area contributed by atoms with Gasteiger partial charge in [-0.05, 0) is 17.5 Å². The number of hydrogen-bond acceptors (Lipinski definition) is 5. The number of aromatic nitrogens is 2. The van der Waals surface area contributed by atoms with Crippen molar-refractivity contribution in [2.24, 2.45) is 19.8 Å². The summed E-state index contributed by atoms with van der Waals surface area (Å²) in [6, 6.07) is 4.63. The fraction of sp³-hybridized carbons (Fsp3) is 0.353. The molecular weight excluding hydrogens is 403 g/mol. The van der Waals surface area contributed by atoms with Crippen LogP contribution in [0.15, 0.2) is 33.9 Å². The van der Waals surface area contributed by atoms with Gasteiger partial charge >= 0.3 is 17.8 Å². The molecule has 1 aromatic heterocycles. The topological polar surface area (TPSA) is 96.3 Å². The average molecular weight is 422 g/mol. The Morgan fingerprint density at radius 2 is 1.68 bits per heavy atom. The molecule has 11 heteroatoms. The minimum Gasteiger partial charge on any atom is -0.468 e. The number of rotatable bonds is 4. The third kappa shape index (κ3) is 4.45. The molecule has 0 aliphatic carbocycles. The Morgan fingerprint density at radius 1 is 1.14 bits per heavy atom. The Labute approximate surface area is 163 Å². The minimum atomic E-state index is -4.90. The molecule has 1 atom stereocenters. The maximum Gasteiger partial charge on any atom is 0.432 e. The molecule has 0 spiro atoms. The van der Waals surface area contributed by atoms with E-state index in [2.05, 4.69) is 4.74 Å². The number of nitrogens with two attached hydrogens (primary N) is 1. The molecule has 0 unspecified atom stereocenters. The lowest BCUT2D eigenvalue weighted by Gasteiger charge is -2.17. The summed E-state index contributed by atoms with van der Waals surface area (Å²) in [6.07, 6.45) is -4.78. The van der Waals surface area contributed by atoms with Gasteiger partial charge in [0, 0.05) is 14.1 Å². The molecule has 28 heavy (non-hydrogen) atoms. The summed E-state index contributed by atoms with van der Waals surface area (Å²) in [5.41, 5.74) is 2.15. The number of carbonyl (C=O) groups excluding carboxylic acids is 1. The van der Waals surface area contributed by atoms with Gasteiger partial charge in [0.1, 0.15) is 11.7 Å². The van der Waals surface area contributed by atoms with Gasteiger partial charge in [0.25, 0.3) is 5.56 Å². The summed E-state index contributed by atoms with van der Waals surface area (Å²) < 4.78 is 46.0. The zero-order valence-corrected chi connectivity index (χ0v) is 16.1. The number of halogens is 4. The highest BCUT2D eigenvalue weighted by Crippen LogP contribution is 2.34. The number of hydrogen-bond donors (Lipinski definition) is 1. The van der Waals surface area contributed by atoms with Crippen LogP contribution in [0.3, 0.4) is 0 Å². The smallest absolute Gasteiger partial charge is 0.432 e. The highest BCUT2D eigenvalue weighted by Gasteiger charge is 2.39. The van der Waals surface area contributed by atoms with E-state index in [-0.39, 0.29) is 24.4 Å². The highest BCUT2D eigenvalue weighted by molar-refractivity contribution is 5.85. The molecule has 1 aromatic carbocycles. The van der Waals surface area contributed by atoms with Crippen molar-refractivity contribution in [2.45, 2.75) is 18.6 Å². The van der Waals surface area contributed by atoms with Crippen molar-refractivity contribution in [3.63, 3.8) is 0 Å². The van der Waals surface area contributed by atoms with Gasteiger partial charge < -0.3 is 10.5 Å². The van der Waals surface area contributed by atoms with Crippen molar-refractivity contribution in [3.05, 3.63) is 56.4 Å². The van der Waals surface area contributed by atoms with Crippen molar-refractivity contribution in [2.75, 3.05) is 7.11 Å². The van der Waals surface area contributed by atoms with E-state index in [1.807, 2.05) is 0 Å². The number of benzene rings is 1. The monoisotopic (exact) mass is 421 g/mol. The van der Waals surface area contributed by atoms with Gasteiger partial charge in [-0.3, -0.25) is 18.7 Å². The average Bonchev–Trinajstić information content (AvgIpc) is 2.61. The second-order valence-corrected chi connectivity index (χ2v) is 5.96. The van der Waals surface area contributed by atoms with Gasteiger partial charge in [-0.15, -0.1) is 12.4 Å². The van der Waals surface area contributed by atoms with Crippen LogP contribution in [-0.2, 0) is 36.2 Å². The lowest BCUT2D eigenvalue weighted by molar-refractivity contribution is -0.143. The third-order valence-corrected chi connectivity index (χ3v) is 4.14. The SMILES string of the molecule is COC(=O)[C@@H](N)Cc1ccc(-c2c(C(F)(F)F)n(C)c(=O)n(C)c2=O)cc1.Cl. The maximum absolute atomic E-state index is 13.5. The predicted molar refractivity (Wildman–Crippen MR) is 98.3 cm³/mol. The van der Waals surface area contributed by atoms with Crippen LogP contribution in [0.5, 0.6) is 0 Å². The maximum atomic E-state index is 13.5. The van der Waals surface area contributed by atoms with Gasteiger partial charge in [-0.2, -0.15) is 13.2 Å². The van der Waals surface area contributed by atoms with Crippen LogP contribution in [0.4, 0.5) is 13.2 Å². The van der Waals surface area contributed by atoms with Crippen LogP contribution in [0, 0.1) is 0 Å². The lowest BCUT2D eigenvalue weighted by atomic mass is 10.00. The summed E-state index contributed by atoms with van der Waals surface area (Å²) in [5, 5.41) is 0. The van der Waals surface area contributed by atoms with Gasteiger partial charge in [0.2, 0.25) is 0 Å². The molecule has 0 radical (unpaired) electrons. The number of alkyl halides is 3. The van der Waals surface area contributed by atoms with E-state index in [1.54, 1.807) is 0 Å². The molecule has 2 N–H and O–H groups in total. The molecule has 0 saturated carbocycles. The second-order valence-electron chi connectivity index (χ2n) is 5.96. The Bertz CT molecular complexity index is 981. The molecule has 0 amide bonds. The Balaban J connectivity index is 0.00000392. The second kappa shape index (κ2) is 8.61. The van der Waals surface area contributed by atoms with Crippen LogP contribution in [-0.4, -0.2) is 28.3 Å². The van der Waals surface area contributed by atoms with Crippen LogP contribution < -0.4 is 17.0 Å². The molecule has 7 nitrogen and oxygen atoms in total. The molecule has 0 fully saturated rings. The number of methoxy groups -OCH3 is 1. The summed E-state index contributed by atoms with van der Waals surface area (Å²) in [6.45, 7) is 0.